The average molecular weight is 932 g/mol. The van der Waals surface area contributed by atoms with Crippen LogP contribution in [-0.2, 0) is 37.9 Å². The lowest BCUT2D eigenvalue weighted by molar-refractivity contribution is -0.192. The number of carboxylic acids is 1. The molecule has 322 valence electrons. The molecule has 0 aliphatic carbocycles. The number of aromatic nitrogens is 2. The van der Waals surface area contributed by atoms with Crippen molar-refractivity contribution in [1.29, 1.82) is 0 Å². The zero-order valence-corrected chi connectivity index (χ0v) is 36.1. The van der Waals surface area contributed by atoms with Crippen LogP contribution in [0.3, 0.4) is 0 Å². The van der Waals surface area contributed by atoms with E-state index in [1.54, 1.807) is 75.0 Å². The Balaban J connectivity index is 0.000000194. The Bertz CT molecular complexity index is 2690. The number of alkyl halides is 3. The lowest BCUT2D eigenvalue weighted by atomic mass is 10.1. The smallest absolute Gasteiger partial charge is 0.490 e. The van der Waals surface area contributed by atoms with Crippen LogP contribution in [0.5, 0.6) is 11.5 Å². The molecule has 4 heterocycles. The van der Waals surface area contributed by atoms with Gasteiger partial charge in [0.25, 0.3) is 20.0 Å². The summed E-state index contributed by atoms with van der Waals surface area (Å²) in [5, 5.41) is 8.87. The van der Waals surface area contributed by atoms with E-state index in [2.05, 4.69) is 9.80 Å². The highest BCUT2D eigenvalue weighted by atomic mass is 35.5. The highest BCUT2D eigenvalue weighted by Crippen LogP contribution is 2.42. The van der Waals surface area contributed by atoms with Crippen LogP contribution >= 0.6 is 35.6 Å². The van der Waals surface area contributed by atoms with E-state index in [4.69, 9.17) is 42.6 Å². The van der Waals surface area contributed by atoms with Crippen molar-refractivity contribution in [1.82, 2.24) is 17.7 Å². The van der Waals surface area contributed by atoms with E-state index in [-0.39, 0.29) is 32.4 Å². The van der Waals surface area contributed by atoms with Gasteiger partial charge in [-0.2, -0.15) is 13.2 Å². The van der Waals surface area contributed by atoms with Gasteiger partial charge in [-0.05, 0) is 93.6 Å². The molecule has 0 spiro atoms. The summed E-state index contributed by atoms with van der Waals surface area (Å²) in [6.07, 6.45) is -1.09. The Hall–Kier alpha value is -4.49. The Morgan fingerprint density at radius 1 is 0.700 bits per heavy atom. The Labute approximate surface area is 361 Å². The lowest BCUT2D eigenvalue weighted by Crippen LogP contribution is -2.36. The topological polar surface area (TPSA) is 140 Å². The van der Waals surface area contributed by atoms with Crippen LogP contribution in [0.2, 0.25) is 10.2 Å². The Morgan fingerprint density at radius 2 is 1.15 bits per heavy atom. The Kier molecular flexibility index (Phi) is 14.8. The molecule has 2 saturated heterocycles. The molecule has 2 aromatic heterocycles. The molecular weight excluding hydrogens is 892 g/mol. The second-order valence-electron chi connectivity index (χ2n) is 13.5. The summed E-state index contributed by atoms with van der Waals surface area (Å²) in [5.41, 5.74) is 3.02. The van der Waals surface area contributed by atoms with Crippen LogP contribution in [-0.4, -0.2) is 92.2 Å². The fourth-order valence-corrected chi connectivity index (χ4v) is 10.2. The van der Waals surface area contributed by atoms with Crippen molar-refractivity contribution in [2.45, 2.75) is 41.9 Å². The van der Waals surface area contributed by atoms with Gasteiger partial charge >= 0.3 is 12.1 Å². The van der Waals surface area contributed by atoms with Crippen molar-refractivity contribution in [2.75, 3.05) is 40.4 Å². The SMILES string of the molecule is COc1ccc2c(c(Cl)c(Cl)n2S(=O)(=O)c2ccccc2)c1CN1CCC1.COc1ccc2c(ccn2S(=O)(=O)c2ccccc2)c1CN1CCC1.Cl.O=C(O)C(F)(F)F. The van der Waals surface area contributed by atoms with E-state index in [1.165, 1.54) is 22.5 Å². The molecular formula is C40H40Cl3F3N4O8S2. The number of carboxylic acid groups (broad SMARTS) is 1. The van der Waals surface area contributed by atoms with Gasteiger partial charge in [0.2, 0.25) is 0 Å². The maximum absolute atomic E-state index is 13.2. The first-order valence-corrected chi connectivity index (χ1v) is 21.7. The van der Waals surface area contributed by atoms with Crippen molar-refractivity contribution >= 4 is 83.4 Å². The minimum absolute atomic E-state index is 0. The zero-order chi connectivity index (χ0) is 42.7. The van der Waals surface area contributed by atoms with Crippen LogP contribution in [0.1, 0.15) is 24.0 Å². The molecule has 2 aliphatic heterocycles. The molecule has 8 rings (SSSR count). The minimum Gasteiger partial charge on any atom is -0.496 e. The molecule has 1 N–H and O–H groups in total. The van der Waals surface area contributed by atoms with Crippen molar-refractivity contribution in [2.24, 2.45) is 0 Å². The van der Waals surface area contributed by atoms with E-state index < -0.39 is 32.2 Å². The van der Waals surface area contributed by atoms with E-state index in [0.717, 1.165) is 65.4 Å². The van der Waals surface area contributed by atoms with Gasteiger partial charge < -0.3 is 14.6 Å². The number of hydrogen-bond acceptors (Lipinski definition) is 9. The quantitative estimate of drug-likeness (QED) is 0.142. The predicted octanol–water partition coefficient (Wildman–Crippen LogP) is 8.55. The summed E-state index contributed by atoms with van der Waals surface area (Å²) >= 11 is 12.9. The van der Waals surface area contributed by atoms with Crippen molar-refractivity contribution < 1.29 is 49.4 Å². The number of carbonyl (C=O) groups is 1. The highest BCUT2D eigenvalue weighted by Gasteiger charge is 2.38. The number of rotatable bonds is 10. The van der Waals surface area contributed by atoms with Gasteiger partial charge in [-0.3, -0.25) is 9.80 Å². The maximum Gasteiger partial charge on any atom is 0.490 e. The summed E-state index contributed by atoms with van der Waals surface area (Å²) in [7, 11) is -4.26. The fourth-order valence-electron chi connectivity index (χ4n) is 6.64. The number of aliphatic carboxylic acids is 1. The number of likely N-dealkylation sites (tertiary alicyclic amines) is 2. The monoisotopic (exact) mass is 930 g/mol. The van der Waals surface area contributed by atoms with Gasteiger partial charge in [0.05, 0.1) is 40.1 Å². The van der Waals surface area contributed by atoms with Crippen molar-refractivity contribution in [3.8, 4) is 11.5 Å². The molecule has 2 aliphatic rings. The van der Waals surface area contributed by atoms with Crippen molar-refractivity contribution in [3.63, 3.8) is 0 Å². The van der Waals surface area contributed by atoms with Gasteiger partial charge in [-0.25, -0.2) is 29.6 Å². The summed E-state index contributed by atoms with van der Waals surface area (Å²) in [4.78, 5) is 13.9. The third-order valence-corrected chi connectivity index (χ3v) is 14.2. The molecule has 2 fully saturated rings. The zero-order valence-electron chi connectivity index (χ0n) is 32.1. The second-order valence-corrected chi connectivity index (χ2v) is 17.8. The fraction of sp³-hybridized carbons (Fsp3) is 0.275. The molecule has 0 atom stereocenters. The molecule has 60 heavy (non-hydrogen) atoms. The molecule has 12 nitrogen and oxygen atoms in total. The van der Waals surface area contributed by atoms with Gasteiger partial charge in [0.1, 0.15) is 16.7 Å². The number of nitrogens with zero attached hydrogens (tertiary/aromatic N) is 4. The standard InChI is InChI=1S/C19H18Cl2N2O3S.C19H20N2O3S.C2HF3O2.ClH/c1-26-16-9-8-15-17(14(16)12-22-10-5-11-22)18(20)19(21)23(15)27(24,25)13-6-3-2-4-7-13;1-24-19-9-8-18-16(17(19)14-20-11-5-12-20)10-13-21(18)25(22,23)15-6-3-2-4-7-15;3-2(4,5)1(6)7;/h2-4,6-9H,5,10-12H2,1H3;2-4,6-10,13H,5,11-12,14H2,1H3;(H,6,7);1H. The highest BCUT2D eigenvalue weighted by molar-refractivity contribution is 7.90. The summed E-state index contributed by atoms with van der Waals surface area (Å²) in [6, 6.07) is 25.7. The molecule has 0 bridgehead atoms. The van der Waals surface area contributed by atoms with E-state index in [1.807, 2.05) is 24.3 Å². The number of benzene rings is 4. The number of hydrogen-bond donors (Lipinski definition) is 1. The number of methoxy groups -OCH3 is 2. The first-order valence-electron chi connectivity index (χ1n) is 18.1. The van der Waals surface area contributed by atoms with Crippen molar-refractivity contribution in [3.05, 3.63) is 118 Å². The predicted molar refractivity (Wildman–Crippen MR) is 226 cm³/mol. The van der Waals surface area contributed by atoms with Crippen LogP contribution in [0.4, 0.5) is 13.2 Å². The van der Waals surface area contributed by atoms with Crippen LogP contribution in [0, 0.1) is 0 Å². The van der Waals surface area contributed by atoms with Crippen LogP contribution in [0.25, 0.3) is 21.8 Å². The van der Waals surface area contributed by atoms with Crippen LogP contribution in [0.15, 0.2) is 107 Å². The second kappa shape index (κ2) is 19.1. The van der Waals surface area contributed by atoms with E-state index in [0.29, 0.717) is 28.7 Å². The number of halogens is 6. The minimum atomic E-state index is -5.08. The lowest BCUT2D eigenvalue weighted by Gasteiger charge is -2.31. The van der Waals surface area contributed by atoms with Gasteiger partial charge in [0, 0.05) is 41.2 Å². The Morgan fingerprint density at radius 3 is 1.60 bits per heavy atom. The maximum atomic E-state index is 13.2. The van der Waals surface area contributed by atoms with Crippen LogP contribution < -0.4 is 9.47 Å². The number of fused-ring (bicyclic) bond motifs is 2. The van der Waals surface area contributed by atoms with E-state index in [9.17, 15) is 30.0 Å². The molecule has 0 amide bonds. The first kappa shape index (κ1) is 46.6. The summed E-state index contributed by atoms with van der Waals surface area (Å²) in [5.74, 6) is -1.29. The first-order chi connectivity index (χ1) is 28.0. The third-order valence-electron chi connectivity index (χ3n) is 9.88. The normalized spacial score (nSPS) is 14.4. The summed E-state index contributed by atoms with van der Waals surface area (Å²) < 4.78 is 97.6. The molecule has 0 radical (unpaired) electrons. The molecule has 0 unspecified atom stereocenters. The van der Waals surface area contributed by atoms with Gasteiger partial charge in [0.15, 0.2) is 0 Å². The molecule has 4 aromatic carbocycles. The number of ether oxygens (including phenoxy) is 2. The average Bonchev–Trinajstić information content (AvgIpc) is 3.74. The molecule has 6 aromatic rings. The summed E-state index contributed by atoms with van der Waals surface area (Å²) in [6.45, 7) is 5.54. The molecule has 20 heteroatoms. The van der Waals surface area contributed by atoms with E-state index >= 15 is 0 Å². The largest absolute Gasteiger partial charge is 0.496 e. The van der Waals surface area contributed by atoms with Gasteiger partial charge in [-0.1, -0.05) is 59.6 Å². The molecule has 0 saturated carbocycles. The van der Waals surface area contributed by atoms with Gasteiger partial charge in [-0.15, -0.1) is 12.4 Å². The third kappa shape index (κ3) is 9.52.